The minimum atomic E-state index is -1.27. The highest BCUT2D eigenvalue weighted by Crippen LogP contribution is 2.24. The fourth-order valence-electron chi connectivity index (χ4n) is 2.69. The number of nitrogens with one attached hydrogen (secondary N) is 1. The van der Waals surface area contributed by atoms with Gasteiger partial charge in [0.05, 0.1) is 0 Å². The molecule has 0 spiro atoms. The number of amides is 1. The molecule has 1 aromatic rings. The maximum absolute atomic E-state index is 13.7. The lowest BCUT2D eigenvalue weighted by atomic mass is 9.89. The van der Waals surface area contributed by atoms with Crippen molar-refractivity contribution < 1.29 is 23.8 Å². The molecule has 0 radical (unpaired) electrons. The molecule has 120 valence electrons. The number of carbonyl (C=O) groups excluding carboxylic acids is 1. The number of rotatable bonds is 5. The third-order valence-corrected chi connectivity index (χ3v) is 4.06. The van der Waals surface area contributed by atoms with Crippen molar-refractivity contribution in [3.05, 3.63) is 35.6 Å². The Hall–Kier alpha value is -1.95. The lowest BCUT2D eigenvalue weighted by Crippen LogP contribution is -2.57. The summed E-state index contributed by atoms with van der Waals surface area (Å²) in [5.41, 5.74) is -0.821. The Bertz CT molecular complexity index is 555. The second-order valence-electron chi connectivity index (χ2n) is 5.67. The predicted molar refractivity (Wildman–Crippen MR) is 78.0 cm³/mol. The molecule has 1 atom stereocenters. The fraction of sp³-hybridized carbons (Fsp3) is 0.500. The van der Waals surface area contributed by atoms with Crippen LogP contribution in [-0.2, 0) is 14.3 Å². The van der Waals surface area contributed by atoms with Crippen molar-refractivity contribution in [3.8, 4) is 0 Å². The van der Waals surface area contributed by atoms with Crippen LogP contribution in [0.15, 0.2) is 24.3 Å². The Morgan fingerprint density at radius 2 is 2.00 bits per heavy atom. The molecular weight excluding hydrogens is 289 g/mol. The number of aliphatic carboxylic acids is 1. The van der Waals surface area contributed by atoms with E-state index in [0.717, 1.165) is 0 Å². The van der Waals surface area contributed by atoms with E-state index in [4.69, 9.17) is 4.74 Å². The standard InChI is InChI=1S/C16H20FNO4/c1-11(12-4-2-3-5-13(12)17)10-14(19)18-16(15(20)21)6-8-22-9-7-16/h2-5,11H,6-10H2,1H3,(H,18,19)(H,20,21). The second kappa shape index (κ2) is 6.87. The van der Waals surface area contributed by atoms with Crippen molar-refractivity contribution >= 4 is 11.9 Å². The molecule has 1 fully saturated rings. The van der Waals surface area contributed by atoms with Crippen molar-refractivity contribution in [2.24, 2.45) is 0 Å². The van der Waals surface area contributed by atoms with Gasteiger partial charge >= 0.3 is 5.97 Å². The monoisotopic (exact) mass is 309 g/mol. The van der Waals surface area contributed by atoms with E-state index in [0.29, 0.717) is 18.8 Å². The quantitative estimate of drug-likeness (QED) is 0.873. The van der Waals surface area contributed by atoms with Crippen LogP contribution in [0, 0.1) is 5.82 Å². The first kappa shape index (κ1) is 16.4. The van der Waals surface area contributed by atoms with Gasteiger partial charge in [-0.15, -0.1) is 0 Å². The lowest BCUT2D eigenvalue weighted by molar-refractivity contribution is -0.152. The number of ether oxygens (including phenoxy) is 1. The zero-order valence-corrected chi connectivity index (χ0v) is 12.5. The van der Waals surface area contributed by atoms with Crippen molar-refractivity contribution in [1.82, 2.24) is 5.32 Å². The smallest absolute Gasteiger partial charge is 0.329 e. The van der Waals surface area contributed by atoms with Crippen molar-refractivity contribution in [2.45, 2.75) is 37.6 Å². The van der Waals surface area contributed by atoms with Crippen LogP contribution in [0.25, 0.3) is 0 Å². The molecule has 5 nitrogen and oxygen atoms in total. The molecule has 0 bridgehead atoms. The summed E-state index contributed by atoms with van der Waals surface area (Å²) in [6.07, 6.45) is 0.515. The van der Waals surface area contributed by atoms with Gasteiger partial charge in [-0.3, -0.25) is 4.79 Å². The molecule has 0 aromatic heterocycles. The maximum atomic E-state index is 13.7. The zero-order chi connectivity index (χ0) is 16.2. The van der Waals surface area contributed by atoms with Crippen LogP contribution in [0.2, 0.25) is 0 Å². The SMILES string of the molecule is CC(CC(=O)NC1(C(=O)O)CCOCC1)c1ccccc1F. The third kappa shape index (κ3) is 3.62. The van der Waals surface area contributed by atoms with Crippen LogP contribution < -0.4 is 5.32 Å². The molecule has 2 rings (SSSR count). The largest absolute Gasteiger partial charge is 0.480 e. The molecule has 1 unspecified atom stereocenters. The Balaban J connectivity index is 2.02. The topological polar surface area (TPSA) is 75.6 Å². The lowest BCUT2D eigenvalue weighted by Gasteiger charge is -2.34. The molecular formula is C16H20FNO4. The number of halogens is 1. The first-order chi connectivity index (χ1) is 10.4. The van der Waals surface area contributed by atoms with Crippen LogP contribution in [0.3, 0.4) is 0 Å². The van der Waals surface area contributed by atoms with Gasteiger partial charge in [0.15, 0.2) is 0 Å². The van der Waals surface area contributed by atoms with Gasteiger partial charge in [-0.05, 0) is 17.5 Å². The van der Waals surface area contributed by atoms with Gasteiger partial charge in [-0.1, -0.05) is 25.1 Å². The molecule has 0 aliphatic carbocycles. The van der Waals surface area contributed by atoms with Crippen molar-refractivity contribution in [1.29, 1.82) is 0 Å². The molecule has 1 saturated heterocycles. The molecule has 0 saturated carbocycles. The second-order valence-corrected chi connectivity index (χ2v) is 5.67. The molecule has 1 aliphatic rings. The van der Waals surface area contributed by atoms with E-state index in [-0.39, 0.29) is 36.9 Å². The molecule has 22 heavy (non-hydrogen) atoms. The first-order valence-electron chi connectivity index (χ1n) is 7.31. The first-order valence-corrected chi connectivity index (χ1v) is 7.31. The van der Waals surface area contributed by atoms with Gasteiger partial charge in [0.1, 0.15) is 11.4 Å². The van der Waals surface area contributed by atoms with Gasteiger partial charge in [-0.25, -0.2) is 9.18 Å². The number of carbonyl (C=O) groups is 2. The summed E-state index contributed by atoms with van der Waals surface area (Å²) in [6.45, 7) is 2.35. The maximum Gasteiger partial charge on any atom is 0.329 e. The van der Waals surface area contributed by atoms with E-state index in [1.165, 1.54) is 6.07 Å². The molecule has 2 N–H and O–H groups in total. The van der Waals surface area contributed by atoms with Crippen LogP contribution in [-0.4, -0.2) is 35.7 Å². The minimum Gasteiger partial charge on any atom is -0.480 e. The zero-order valence-electron chi connectivity index (χ0n) is 12.5. The van der Waals surface area contributed by atoms with Gasteiger partial charge in [0.2, 0.25) is 5.91 Å². The predicted octanol–water partition coefficient (Wildman–Crippen LogP) is 2.07. The summed E-state index contributed by atoms with van der Waals surface area (Å²) in [6, 6.07) is 6.28. The summed E-state index contributed by atoms with van der Waals surface area (Å²) in [4.78, 5) is 23.7. The average molecular weight is 309 g/mol. The summed E-state index contributed by atoms with van der Waals surface area (Å²) >= 11 is 0. The van der Waals surface area contributed by atoms with Gasteiger partial charge < -0.3 is 15.2 Å². The van der Waals surface area contributed by atoms with Crippen LogP contribution in [0.5, 0.6) is 0 Å². The highest BCUT2D eigenvalue weighted by atomic mass is 19.1. The molecule has 6 heteroatoms. The minimum absolute atomic E-state index is 0.0385. The third-order valence-electron chi connectivity index (χ3n) is 4.06. The van der Waals surface area contributed by atoms with Gasteiger partial charge in [0.25, 0.3) is 0 Å². The van der Waals surface area contributed by atoms with Gasteiger partial charge in [-0.2, -0.15) is 0 Å². The van der Waals surface area contributed by atoms with E-state index >= 15 is 0 Å². The van der Waals surface area contributed by atoms with Gasteiger partial charge in [0, 0.05) is 32.5 Å². The average Bonchev–Trinajstić information content (AvgIpc) is 2.48. The van der Waals surface area contributed by atoms with E-state index < -0.39 is 11.5 Å². The Labute approximate surface area is 128 Å². The Kier molecular flexibility index (Phi) is 5.13. The molecule has 1 heterocycles. The summed E-state index contributed by atoms with van der Waals surface area (Å²) in [5.74, 6) is -2.13. The van der Waals surface area contributed by atoms with E-state index in [1.54, 1.807) is 25.1 Å². The van der Waals surface area contributed by atoms with Crippen molar-refractivity contribution in [3.63, 3.8) is 0 Å². The van der Waals surface area contributed by atoms with Crippen molar-refractivity contribution in [2.75, 3.05) is 13.2 Å². The number of hydrogen-bond acceptors (Lipinski definition) is 3. The number of hydrogen-bond donors (Lipinski definition) is 2. The van der Waals surface area contributed by atoms with E-state index in [9.17, 15) is 19.1 Å². The Morgan fingerprint density at radius 3 is 2.59 bits per heavy atom. The fourth-order valence-corrected chi connectivity index (χ4v) is 2.69. The highest BCUT2D eigenvalue weighted by molar-refractivity contribution is 5.87. The summed E-state index contributed by atoms with van der Waals surface area (Å²) in [5, 5.41) is 12.0. The molecule has 1 aliphatic heterocycles. The number of benzene rings is 1. The molecule has 1 aromatic carbocycles. The number of carboxylic acid groups (broad SMARTS) is 1. The summed E-state index contributed by atoms with van der Waals surface area (Å²) in [7, 11) is 0. The van der Waals surface area contributed by atoms with Crippen LogP contribution in [0.4, 0.5) is 4.39 Å². The van der Waals surface area contributed by atoms with Crippen LogP contribution in [0.1, 0.15) is 37.7 Å². The molecule has 1 amide bonds. The number of carboxylic acids is 1. The summed E-state index contributed by atoms with van der Waals surface area (Å²) < 4.78 is 18.9. The van der Waals surface area contributed by atoms with E-state index in [1.807, 2.05) is 0 Å². The highest BCUT2D eigenvalue weighted by Gasteiger charge is 2.41. The Morgan fingerprint density at radius 1 is 1.36 bits per heavy atom. The van der Waals surface area contributed by atoms with Crippen LogP contribution >= 0.6 is 0 Å². The normalized spacial score (nSPS) is 18.5. The van der Waals surface area contributed by atoms with E-state index in [2.05, 4.69) is 5.32 Å².